The fraction of sp³-hybridized carbons (Fsp3) is 0.250. The van der Waals surface area contributed by atoms with Crippen molar-refractivity contribution >= 4 is 5.91 Å². The van der Waals surface area contributed by atoms with Gasteiger partial charge in [-0.25, -0.2) is 0 Å². The lowest BCUT2D eigenvalue weighted by Crippen LogP contribution is -2.36. The number of amides is 1. The van der Waals surface area contributed by atoms with Crippen molar-refractivity contribution in [3.05, 3.63) is 65.2 Å². The molecule has 0 bridgehead atoms. The van der Waals surface area contributed by atoms with Gasteiger partial charge in [-0.3, -0.25) is 4.79 Å². The molecule has 126 valence electrons. The monoisotopic (exact) mass is 333 g/mol. The maximum Gasteiger partial charge on any atom is 0.261 e. The standard InChI is InChI=1S/C20H19N3O2/c1-3-23(15(2)17-10-8-16(12-21)9-11-17)20(24)14-25-19-7-5-4-6-18(19)13-22/h4-11,15H,3,14H2,1-2H3. The Balaban J connectivity index is 2.07. The third-order valence-electron chi connectivity index (χ3n) is 4.01. The first-order valence-electron chi connectivity index (χ1n) is 8.02. The molecular weight excluding hydrogens is 314 g/mol. The molecule has 2 aromatic carbocycles. The molecule has 0 aliphatic carbocycles. The summed E-state index contributed by atoms with van der Waals surface area (Å²) in [6, 6.07) is 18.0. The van der Waals surface area contributed by atoms with Crippen molar-refractivity contribution in [2.75, 3.05) is 13.2 Å². The molecule has 1 unspecified atom stereocenters. The molecule has 0 saturated carbocycles. The van der Waals surface area contributed by atoms with E-state index in [0.717, 1.165) is 5.56 Å². The molecule has 0 aliphatic heterocycles. The molecule has 0 heterocycles. The summed E-state index contributed by atoms with van der Waals surface area (Å²) in [4.78, 5) is 14.3. The summed E-state index contributed by atoms with van der Waals surface area (Å²) < 4.78 is 5.54. The number of nitrogens with zero attached hydrogens (tertiary/aromatic N) is 3. The highest BCUT2D eigenvalue weighted by Crippen LogP contribution is 2.21. The predicted octanol–water partition coefficient (Wildman–Crippen LogP) is 3.42. The largest absolute Gasteiger partial charge is 0.482 e. The lowest BCUT2D eigenvalue weighted by Gasteiger charge is -2.28. The van der Waals surface area contributed by atoms with Gasteiger partial charge >= 0.3 is 0 Å². The van der Waals surface area contributed by atoms with Gasteiger partial charge in [-0.15, -0.1) is 0 Å². The lowest BCUT2D eigenvalue weighted by atomic mass is 10.0. The minimum absolute atomic E-state index is 0.132. The number of ether oxygens (including phenoxy) is 1. The average molecular weight is 333 g/mol. The van der Waals surface area contributed by atoms with Gasteiger partial charge in [0.2, 0.25) is 0 Å². The number of carbonyl (C=O) groups is 1. The molecule has 1 amide bonds. The van der Waals surface area contributed by atoms with Crippen molar-refractivity contribution < 1.29 is 9.53 Å². The normalized spacial score (nSPS) is 11.0. The van der Waals surface area contributed by atoms with Crippen LogP contribution in [0, 0.1) is 22.7 Å². The van der Waals surface area contributed by atoms with E-state index in [1.165, 1.54) is 0 Å². The Morgan fingerprint density at radius 1 is 1.12 bits per heavy atom. The molecule has 0 fully saturated rings. The van der Waals surface area contributed by atoms with Crippen LogP contribution in [-0.4, -0.2) is 24.0 Å². The van der Waals surface area contributed by atoms with Crippen molar-refractivity contribution in [2.45, 2.75) is 19.9 Å². The summed E-state index contributed by atoms with van der Waals surface area (Å²) in [5.74, 6) is 0.243. The summed E-state index contributed by atoms with van der Waals surface area (Å²) in [6.45, 7) is 4.24. The van der Waals surface area contributed by atoms with Crippen molar-refractivity contribution in [3.8, 4) is 17.9 Å². The van der Waals surface area contributed by atoms with Crippen LogP contribution >= 0.6 is 0 Å². The molecule has 0 spiro atoms. The van der Waals surface area contributed by atoms with Crippen LogP contribution in [0.3, 0.4) is 0 Å². The van der Waals surface area contributed by atoms with Crippen LogP contribution in [0.5, 0.6) is 5.75 Å². The molecule has 0 aliphatic rings. The zero-order chi connectivity index (χ0) is 18.2. The molecular formula is C20H19N3O2. The second-order valence-electron chi connectivity index (χ2n) is 5.49. The molecule has 2 aromatic rings. The number of likely N-dealkylation sites (N-methyl/N-ethyl adjacent to an activating group) is 1. The fourth-order valence-electron chi connectivity index (χ4n) is 2.59. The van der Waals surface area contributed by atoms with E-state index in [2.05, 4.69) is 6.07 Å². The minimum atomic E-state index is -0.160. The second kappa shape index (κ2) is 8.52. The van der Waals surface area contributed by atoms with Crippen LogP contribution in [0.25, 0.3) is 0 Å². The average Bonchev–Trinajstić information content (AvgIpc) is 2.67. The van der Waals surface area contributed by atoms with Crippen LogP contribution in [0.2, 0.25) is 0 Å². The van der Waals surface area contributed by atoms with E-state index in [4.69, 9.17) is 15.3 Å². The molecule has 0 aromatic heterocycles. The van der Waals surface area contributed by atoms with Crippen LogP contribution < -0.4 is 4.74 Å². The molecule has 0 saturated heterocycles. The predicted molar refractivity (Wildman–Crippen MR) is 93.6 cm³/mol. The second-order valence-corrected chi connectivity index (χ2v) is 5.49. The quantitative estimate of drug-likeness (QED) is 0.811. The van der Waals surface area contributed by atoms with Gasteiger partial charge in [0.1, 0.15) is 11.8 Å². The highest BCUT2D eigenvalue weighted by atomic mass is 16.5. The van der Waals surface area contributed by atoms with Gasteiger partial charge < -0.3 is 9.64 Å². The van der Waals surface area contributed by atoms with Crippen LogP contribution in [-0.2, 0) is 4.79 Å². The number of rotatable bonds is 6. The summed E-state index contributed by atoms with van der Waals surface area (Å²) >= 11 is 0. The molecule has 0 N–H and O–H groups in total. The zero-order valence-corrected chi connectivity index (χ0v) is 14.3. The Morgan fingerprint density at radius 2 is 1.80 bits per heavy atom. The third kappa shape index (κ3) is 4.37. The van der Waals surface area contributed by atoms with Crippen LogP contribution in [0.1, 0.15) is 36.6 Å². The molecule has 0 radical (unpaired) electrons. The summed E-state index contributed by atoms with van der Waals surface area (Å²) in [6.07, 6.45) is 0. The minimum Gasteiger partial charge on any atom is -0.482 e. The van der Waals surface area contributed by atoms with Crippen molar-refractivity contribution in [2.24, 2.45) is 0 Å². The zero-order valence-electron chi connectivity index (χ0n) is 14.3. The Morgan fingerprint density at radius 3 is 2.40 bits per heavy atom. The van der Waals surface area contributed by atoms with E-state index in [0.29, 0.717) is 23.4 Å². The van der Waals surface area contributed by atoms with E-state index < -0.39 is 0 Å². The van der Waals surface area contributed by atoms with E-state index in [1.807, 2.05) is 32.0 Å². The molecule has 25 heavy (non-hydrogen) atoms. The topological polar surface area (TPSA) is 77.1 Å². The maximum absolute atomic E-state index is 12.6. The van der Waals surface area contributed by atoms with E-state index in [9.17, 15) is 4.79 Å². The van der Waals surface area contributed by atoms with Crippen LogP contribution in [0.4, 0.5) is 0 Å². The number of hydrogen-bond donors (Lipinski definition) is 0. The number of benzene rings is 2. The highest BCUT2D eigenvalue weighted by Gasteiger charge is 2.20. The molecule has 2 rings (SSSR count). The first kappa shape index (κ1) is 18.0. The molecule has 5 nitrogen and oxygen atoms in total. The maximum atomic E-state index is 12.6. The number of carbonyl (C=O) groups excluding carboxylic acids is 1. The first-order valence-corrected chi connectivity index (χ1v) is 8.02. The van der Waals surface area contributed by atoms with Crippen molar-refractivity contribution in [1.29, 1.82) is 10.5 Å². The van der Waals surface area contributed by atoms with Crippen LogP contribution in [0.15, 0.2) is 48.5 Å². The van der Waals surface area contributed by atoms with Gasteiger partial charge in [0, 0.05) is 6.54 Å². The Labute approximate surface area is 147 Å². The van der Waals surface area contributed by atoms with E-state index in [-0.39, 0.29) is 18.6 Å². The van der Waals surface area contributed by atoms with Gasteiger partial charge in [-0.05, 0) is 43.7 Å². The Kier molecular flexibility index (Phi) is 6.14. The first-order chi connectivity index (χ1) is 12.1. The highest BCUT2D eigenvalue weighted by molar-refractivity contribution is 5.78. The Bertz CT molecular complexity index is 816. The van der Waals surface area contributed by atoms with E-state index >= 15 is 0 Å². The number of nitriles is 2. The van der Waals surface area contributed by atoms with Gasteiger partial charge in [-0.1, -0.05) is 24.3 Å². The van der Waals surface area contributed by atoms with E-state index in [1.54, 1.807) is 41.3 Å². The summed E-state index contributed by atoms with van der Waals surface area (Å²) in [7, 11) is 0. The Hall–Kier alpha value is -3.31. The van der Waals surface area contributed by atoms with Gasteiger partial charge in [0.15, 0.2) is 6.61 Å². The summed E-state index contributed by atoms with van der Waals surface area (Å²) in [5.41, 5.74) is 1.94. The lowest BCUT2D eigenvalue weighted by molar-refractivity contribution is -0.135. The number of para-hydroxylation sites is 1. The van der Waals surface area contributed by atoms with Crippen molar-refractivity contribution in [3.63, 3.8) is 0 Å². The fourth-order valence-corrected chi connectivity index (χ4v) is 2.59. The third-order valence-corrected chi connectivity index (χ3v) is 4.01. The van der Waals surface area contributed by atoms with Crippen molar-refractivity contribution in [1.82, 2.24) is 4.90 Å². The van der Waals surface area contributed by atoms with Gasteiger partial charge in [0.25, 0.3) is 5.91 Å². The summed E-state index contributed by atoms with van der Waals surface area (Å²) in [5, 5.41) is 17.9. The molecule has 5 heteroatoms. The SMILES string of the molecule is CCN(C(=O)COc1ccccc1C#N)C(C)c1ccc(C#N)cc1. The van der Waals surface area contributed by atoms with Gasteiger partial charge in [0.05, 0.1) is 23.2 Å². The smallest absolute Gasteiger partial charge is 0.261 e. The molecule has 1 atom stereocenters. The number of hydrogen-bond acceptors (Lipinski definition) is 4. The van der Waals surface area contributed by atoms with Gasteiger partial charge in [-0.2, -0.15) is 10.5 Å².